The summed E-state index contributed by atoms with van der Waals surface area (Å²) >= 11 is 0. The number of hydrogen-bond donors (Lipinski definition) is 6. The van der Waals surface area contributed by atoms with Crippen LogP contribution in [0.3, 0.4) is 0 Å². The fourth-order valence-corrected chi connectivity index (χ4v) is 7.96. The van der Waals surface area contributed by atoms with Crippen LogP contribution in [0.4, 0.5) is 50.7 Å². The first-order valence-electron chi connectivity index (χ1n) is 23.4. The number of aliphatic hydroxyl groups excluding tert-OH is 1. The van der Waals surface area contributed by atoms with Crippen molar-refractivity contribution >= 4 is 29.9 Å². The molecule has 0 aliphatic carbocycles. The highest BCUT2D eigenvalue weighted by Gasteiger charge is 2.57. The minimum absolute atomic E-state index is 0.114. The molecule has 4 unspecified atom stereocenters. The lowest BCUT2D eigenvalue weighted by atomic mass is 9.82. The molecule has 410 valence electrons. The van der Waals surface area contributed by atoms with Crippen LogP contribution in [0.15, 0.2) is 67.3 Å². The first-order chi connectivity index (χ1) is 35.7. The Kier molecular flexibility index (Phi) is 18.4. The lowest BCUT2D eigenvalue weighted by Crippen LogP contribution is -2.63. The van der Waals surface area contributed by atoms with E-state index in [1.54, 1.807) is 12.4 Å². The number of nitrogens with one attached hydrogen (secondary N) is 4. The number of alkyl halides is 6. The van der Waals surface area contributed by atoms with Crippen LogP contribution in [0.1, 0.15) is 49.9 Å². The standard InChI is InChI=1S/C49H55F8N11O8/c1-46(2,48(52,53)54)38(64-45(74)75-5)41(70)62-36(19-29-10-7-28(8-11-29)9-12-30-22-60-43(61-23-30)67-17-15-66(16-18-67)32-26-76-27-32)37(69)25-68(65-42(71)39(63-44(72)73)47(3,4)49(55,56)57)24-33-34(50)20-31(21-35(33)51)40-58-13-6-14-59-40/h6-8,10-11,13-14,20-23,32,36-39,63,69H,15-19,24-27H2,1-5H3,(H,62,70)(H,64,74)(H,65,71)(H,72,73). The molecule has 4 amide bonds. The van der Waals surface area contributed by atoms with Crippen molar-refractivity contribution in [1.82, 2.24) is 51.2 Å². The van der Waals surface area contributed by atoms with Gasteiger partial charge in [-0.2, -0.15) is 26.3 Å². The van der Waals surface area contributed by atoms with E-state index < -0.39 is 108 Å². The number of carboxylic acid groups (broad SMARTS) is 1. The van der Waals surface area contributed by atoms with E-state index in [4.69, 9.17) is 4.74 Å². The van der Waals surface area contributed by atoms with E-state index in [9.17, 15) is 55.7 Å². The van der Waals surface area contributed by atoms with Gasteiger partial charge in [0.15, 0.2) is 5.82 Å². The number of anilines is 1. The predicted molar refractivity (Wildman–Crippen MR) is 254 cm³/mol. The zero-order valence-corrected chi connectivity index (χ0v) is 41.6. The average Bonchev–Trinajstić information content (AvgIpc) is 3.35. The van der Waals surface area contributed by atoms with Gasteiger partial charge in [-0.25, -0.2) is 43.3 Å². The van der Waals surface area contributed by atoms with Gasteiger partial charge in [-0.1, -0.05) is 24.0 Å². The van der Waals surface area contributed by atoms with E-state index in [-0.39, 0.29) is 17.0 Å². The van der Waals surface area contributed by atoms with Crippen molar-refractivity contribution in [2.24, 2.45) is 10.8 Å². The maximum atomic E-state index is 15.9. The normalized spacial score (nSPS) is 16.3. The molecule has 0 spiro atoms. The third-order valence-electron chi connectivity index (χ3n) is 13.1. The Bertz CT molecular complexity index is 2710. The summed E-state index contributed by atoms with van der Waals surface area (Å²) in [6.07, 6.45) is -10.8. The van der Waals surface area contributed by atoms with Crippen molar-refractivity contribution in [3.8, 4) is 23.2 Å². The minimum atomic E-state index is -5.24. The fourth-order valence-electron chi connectivity index (χ4n) is 7.96. The molecular formula is C49H55F8N11O8. The summed E-state index contributed by atoms with van der Waals surface area (Å²) in [5.41, 5.74) is -3.98. The molecule has 2 aromatic heterocycles. The molecule has 2 fully saturated rings. The van der Waals surface area contributed by atoms with Crippen molar-refractivity contribution < 1.29 is 74.0 Å². The first-order valence-corrected chi connectivity index (χ1v) is 23.4. The van der Waals surface area contributed by atoms with Crippen molar-refractivity contribution in [1.29, 1.82) is 0 Å². The molecular weight excluding hydrogens is 1020 g/mol. The summed E-state index contributed by atoms with van der Waals surface area (Å²) in [4.78, 5) is 73.2. The number of benzene rings is 2. The van der Waals surface area contributed by atoms with Gasteiger partial charge < -0.3 is 40.5 Å². The van der Waals surface area contributed by atoms with Crippen LogP contribution < -0.4 is 26.3 Å². The fraction of sp³-hybridized carbons (Fsp3) is 0.469. The van der Waals surface area contributed by atoms with Gasteiger partial charge in [-0.05, 0) is 70.0 Å². The second-order valence-electron chi connectivity index (χ2n) is 19.1. The molecule has 27 heteroatoms. The van der Waals surface area contributed by atoms with Gasteiger partial charge >= 0.3 is 24.5 Å². The number of hydrogen-bond acceptors (Lipinski definition) is 14. The molecule has 19 nitrogen and oxygen atoms in total. The Morgan fingerprint density at radius 1 is 0.803 bits per heavy atom. The number of ether oxygens (including phenoxy) is 2. The van der Waals surface area contributed by atoms with E-state index in [0.717, 1.165) is 58.6 Å². The van der Waals surface area contributed by atoms with Gasteiger partial charge in [-0.3, -0.25) is 19.9 Å². The quantitative estimate of drug-likeness (QED) is 0.0454. The second kappa shape index (κ2) is 24.2. The number of aliphatic hydroxyl groups is 1. The van der Waals surface area contributed by atoms with Crippen LogP contribution in [0.5, 0.6) is 0 Å². The zero-order chi connectivity index (χ0) is 55.8. The van der Waals surface area contributed by atoms with Crippen LogP contribution in [-0.2, 0) is 32.0 Å². The molecule has 2 aromatic carbocycles. The van der Waals surface area contributed by atoms with Gasteiger partial charge in [0.2, 0.25) is 11.9 Å². The van der Waals surface area contributed by atoms with Crippen LogP contribution in [0.25, 0.3) is 11.4 Å². The third kappa shape index (κ3) is 14.3. The number of piperazine rings is 1. The van der Waals surface area contributed by atoms with Crippen LogP contribution in [-0.4, -0.2) is 160 Å². The highest BCUT2D eigenvalue weighted by molar-refractivity contribution is 5.87. The van der Waals surface area contributed by atoms with Crippen molar-refractivity contribution in [3.63, 3.8) is 0 Å². The number of alkyl carbamates (subject to hydrolysis) is 1. The second-order valence-corrected chi connectivity index (χ2v) is 19.1. The number of carbonyl (C=O) groups excluding carboxylic acids is 3. The Morgan fingerprint density at radius 2 is 1.36 bits per heavy atom. The molecule has 6 rings (SSSR count). The summed E-state index contributed by atoms with van der Waals surface area (Å²) in [6.45, 7) is 4.62. The lowest BCUT2D eigenvalue weighted by molar-refractivity contribution is -0.221. The minimum Gasteiger partial charge on any atom is -0.465 e. The Balaban J connectivity index is 1.31. The zero-order valence-electron chi connectivity index (χ0n) is 41.6. The van der Waals surface area contributed by atoms with Gasteiger partial charge in [0.1, 0.15) is 23.7 Å². The number of methoxy groups -OCH3 is 1. The Labute approximate surface area is 430 Å². The smallest absolute Gasteiger partial charge is 0.407 e. The number of hydrazine groups is 1. The SMILES string of the molecule is COC(=O)NC(C(=O)NC(Cc1ccc(C#Cc2cnc(N3CCN(C4COC4)CC3)nc2)cc1)C(O)CN(Cc1c(F)cc(-c2ncccn2)cc1F)NC(=O)C(NC(=O)O)C(C)(C)C(F)(F)F)C(C)(C)C(F)(F)F. The summed E-state index contributed by atoms with van der Waals surface area (Å²) < 4.78 is 128. The molecule has 0 radical (unpaired) electrons. The maximum absolute atomic E-state index is 15.9. The van der Waals surface area contributed by atoms with E-state index in [1.165, 1.54) is 48.0 Å². The molecule has 0 saturated carbocycles. The third-order valence-corrected chi connectivity index (χ3v) is 13.1. The first kappa shape index (κ1) is 58.0. The number of nitrogens with zero attached hydrogens (tertiary/aromatic N) is 7. The molecule has 4 atom stereocenters. The molecule has 6 N–H and O–H groups in total. The van der Waals surface area contributed by atoms with Gasteiger partial charge in [-0.15, -0.1) is 0 Å². The summed E-state index contributed by atoms with van der Waals surface area (Å²) in [6, 6.07) is 2.67. The molecule has 2 aliphatic rings. The lowest BCUT2D eigenvalue weighted by Gasteiger charge is -2.42. The van der Waals surface area contributed by atoms with Gasteiger partial charge in [0.25, 0.3) is 5.91 Å². The Hall–Kier alpha value is -7.28. The van der Waals surface area contributed by atoms with Crippen LogP contribution >= 0.6 is 0 Å². The molecule has 76 heavy (non-hydrogen) atoms. The van der Waals surface area contributed by atoms with E-state index >= 15 is 8.78 Å². The van der Waals surface area contributed by atoms with Crippen molar-refractivity contribution in [2.45, 2.75) is 83.3 Å². The van der Waals surface area contributed by atoms with Crippen LogP contribution in [0.2, 0.25) is 0 Å². The number of aromatic nitrogens is 4. The van der Waals surface area contributed by atoms with Crippen LogP contribution in [0, 0.1) is 34.3 Å². The van der Waals surface area contributed by atoms with Gasteiger partial charge in [0.05, 0.1) is 54.9 Å². The maximum Gasteiger partial charge on any atom is 0.407 e. The molecule has 2 saturated heterocycles. The Morgan fingerprint density at radius 3 is 1.87 bits per heavy atom. The monoisotopic (exact) mass is 1080 g/mol. The number of carbonyl (C=O) groups is 4. The van der Waals surface area contributed by atoms with Crippen molar-refractivity contribution in [2.75, 3.05) is 57.9 Å². The molecule has 0 bridgehead atoms. The number of halogens is 8. The topological polar surface area (TPSA) is 237 Å². The highest BCUT2D eigenvalue weighted by atomic mass is 19.4. The summed E-state index contributed by atoms with van der Waals surface area (Å²) in [7, 11) is 0.828. The predicted octanol–water partition coefficient (Wildman–Crippen LogP) is 4.59. The number of amides is 4. The van der Waals surface area contributed by atoms with Crippen molar-refractivity contribution in [3.05, 3.63) is 101 Å². The largest absolute Gasteiger partial charge is 0.465 e. The average molecular weight is 1080 g/mol. The molecule has 2 aliphatic heterocycles. The van der Waals surface area contributed by atoms with E-state index in [2.05, 4.69) is 51.6 Å². The number of rotatable bonds is 18. The summed E-state index contributed by atoms with van der Waals surface area (Å²) in [5, 5.41) is 27.6. The molecule has 4 aromatic rings. The van der Waals surface area contributed by atoms with E-state index in [1.807, 2.05) is 10.7 Å². The highest BCUT2D eigenvalue weighted by Crippen LogP contribution is 2.42. The molecule has 4 heterocycles. The summed E-state index contributed by atoms with van der Waals surface area (Å²) in [5.74, 6) is 0.479. The van der Waals surface area contributed by atoms with Gasteiger partial charge in [0, 0.05) is 80.7 Å². The van der Waals surface area contributed by atoms with E-state index in [0.29, 0.717) is 55.8 Å².